The summed E-state index contributed by atoms with van der Waals surface area (Å²) in [7, 11) is 1.78. The van der Waals surface area contributed by atoms with Crippen molar-refractivity contribution in [3.05, 3.63) is 16.1 Å². The molecule has 0 spiro atoms. The lowest BCUT2D eigenvalue weighted by Crippen LogP contribution is -2.37. The minimum atomic E-state index is 0.734. The fourth-order valence-electron chi connectivity index (χ4n) is 1.13. The van der Waals surface area contributed by atoms with Gasteiger partial charge in [-0.3, -0.25) is 4.99 Å². The van der Waals surface area contributed by atoms with E-state index in [1.165, 1.54) is 4.88 Å². The highest BCUT2D eigenvalue weighted by Gasteiger charge is 2.00. The van der Waals surface area contributed by atoms with Gasteiger partial charge < -0.3 is 10.6 Å². The van der Waals surface area contributed by atoms with Crippen LogP contribution in [0.2, 0.25) is 0 Å². The van der Waals surface area contributed by atoms with E-state index in [4.69, 9.17) is 0 Å². The zero-order chi connectivity index (χ0) is 11.8. The lowest BCUT2D eigenvalue weighted by Gasteiger charge is -2.09. The first-order chi connectivity index (χ1) is 7.76. The van der Waals surface area contributed by atoms with E-state index < -0.39 is 0 Å². The number of hydrogen-bond acceptors (Lipinski definition) is 4. The predicted octanol–water partition coefficient (Wildman–Crippen LogP) is 1.48. The highest BCUT2D eigenvalue weighted by atomic mass is 32.2. The van der Waals surface area contributed by atoms with Gasteiger partial charge in [0.1, 0.15) is 5.01 Å². The number of nitrogens with zero attached hydrogens (tertiary/aromatic N) is 2. The maximum absolute atomic E-state index is 4.29. The van der Waals surface area contributed by atoms with Gasteiger partial charge >= 0.3 is 0 Å². The lowest BCUT2D eigenvalue weighted by atomic mass is 10.6. The van der Waals surface area contributed by atoms with Crippen molar-refractivity contribution in [2.75, 3.05) is 25.6 Å². The number of nitrogens with one attached hydrogen (secondary N) is 2. The molecule has 1 rings (SSSR count). The second-order valence-electron chi connectivity index (χ2n) is 3.21. The molecule has 0 saturated heterocycles. The van der Waals surface area contributed by atoms with Crippen molar-refractivity contribution in [1.29, 1.82) is 0 Å². The van der Waals surface area contributed by atoms with Crippen LogP contribution in [0.25, 0.3) is 0 Å². The molecule has 0 amide bonds. The van der Waals surface area contributed by atoms with Gasteiger partial charge in [0, 0.05) is 30.4 Å². The summed E-state index contributed by atoms with van der Waals surface area (Å²) < 4.78 is 0. The normalized spacial score (nSPS) is 11.6. The summed E-state index contributed by atoms with van der Waals surface area (Å²) in [6.07, 6.45) is 3.99. The third-order valence-electron chi connectivity index (χ3n) is 1.90. The molecule has 0 radical (unpaired) electrons. The maximum atomic E-state index is 4.29. The molecule has 1 aromatic heterocycles. The molecule has 0 bridgehead atoms. The van der Waals surface area contributed by atoms with Crippen LogP contribution in [0.5, 0.6) is 0 Å². The fraction of sp³-hybridized carbons (Fsp3) is 0.600. The zero-order valence-corrected chi connectivity index (χ0v) is 11.5. The topological polar surface area (TPSA) is 49.3 Å². The van der Waals surface area contributed by atoms with Crippen molar-refractivity contribution in [2.45, 2.75) is 13.5 Å². The summed E-state index contributed by atoms with van der Waals surface area (Å²) in [5.41, 5.74) is 0. The highest BCUT2D eigenvalue weighted by Crippen LogP contribution is 2.10. The van der Waals surface area contributed by atoms with E-state index in [2.05, 4.69) is 33.8 Å². The van der Waals surface area contributed by atoms with E-state index in [1.807, 2.05) is 18.0 Å². The van der Waals surface area contributed by atoms with Gasteiger partial charge in [-0.25, -0.2) is 4.98 Å². The van der Waals surface area contributed by atoms with E-state index >= 15 is 0 Å². The fourth-order valence-corrected chi connectivity index (χ4v) is 2.17. The molecule has 0 fully saturated rings. The zero-order valence-electron chi connectivity index (χ0n) is 9.91. The Hall–Kier alpha value is -0.750. The monoisotopic (exact) mass is 258 g/mol. The molecule has 0 atom stereocenters. The van der Waals surface area contributed by atoms with Crippen molar-refractivity contribution in [1.82, 2.24) is 15.6 Å². The van der Waals surface area contributed by atoms with Crippen LogP contribution >= 0.6 is 23.1 Å². The summed E-state index contributed by atoms with van der Waals surface area (Å²) in [5, 5.41) is 7.57. The van der Waals surface area contributed by atoms with E-state index in [-0.39, 0.29) is 0 Å². The Balaban J connectivity index is 2.29. The van der Waals surface area contributed by atoms with E-state index in [0.29, 0.717) is 0 Å². The summed E-state index contributed by atoms with van der Waals surface area (Å²) in [5.74, 6) is 1.92. The van der Waals surface area contributed by atoms with Gasteiger partial charge in [-0.2, -0.15) is 11.8 Å². The molecule has 1 aromatic rings. The second kappa shape index (κ2) is 7.51. The Labute approximate surface area is 105 Å². The van der Waals surface area contributed by atoms with Gasteiger partial charge in [0.15, 0.2) is 5.96 Å². The third kappa shape index (κ3) is 4.85. The lowest BCUT2D eigenvalue weighted by molar-refractivity contribution is 0.827. The molecule has 0 unspecified atom stereocenters. The number of thioether (sulfide) groups is 1. The van der Waals surface area contributed by atoms with Crippen molar-refractivity contribution in [2.24, 2.45) is 4.99 Å². The molecule has 16 heavy (non-hydrogen) atoms. The van der Waals surface area contributed by atoms with Crippen LogP contribution in [0.3, 0.4) is 0 Å². The molecule has 6 heteroatoms. The van der Waals surface area contributed by atoms with Crippen LogP contribution in [-0.4, -0.2) is 36.5 Å². The molecule has 0 aliphatic heterocycles. The molecule has 2 N–H and O–H groups in total. The average Bonchev–Trinajstić information content (AvgIpc) is 2.69. The van der Waals surface area contributed by atoms with Crippen molar-refractivity contribution in [3.63, 3.8) is 0 Å². The Morgan fingerprint density at radius 1 is 1.56 bits per heavy atom. The van der Waals surface area contributed by atoms with Crippen LogP contribution in [-0.2, 0) is 6.54 Å². The number of aryl methyl sites for hydroxylation is 1. The van der Waals surface area contributed by atoms with Crippen LogP contribution in [0, 0.1) is 6.92 Å². The van der Waals surface area contributed by atoms with Crippen LogP contribution in [0.4, 0.5) is 0 Å². The van der Waals surface area contributed by atoms with E-state index in [9.17, 15) is 0 Å². The van der Waals surface area contributed by atoms with Crippen LogP contribution in [0.1, 0.15) is 9.88 Å². The standard InChI is InChI=1S/C10H18N4S2/c1-8-6-13-9(16-8)7-14-10(11-2)12-4-5-15-3/h6H,4-5,7H2,1-3H3,(H2,11,12,14). The summed E-state index contributed by atoms with van der Waals surface area (Å²) in [6, 6.07) is 0. The predicted molar refractivity (Wildman–Crippen MR) is 73.4 cm³/mol. The third-order valence-corrected chi connectivity index (χ3v) is 3.42. The van der Waals surface area contributed by atoms with Crippen LogP contribution in [0.15, 0.2) is 11.2 Å². The number of thiazole rings is 1. The van der Waals surface area contributed by atoms with Crippen molar-refractivity contribution < 1.29 is 0 Å². The Morgan fingerprint density at radius 3 is 2.94 bits per heavy atom. The quantitative estimate of drug-likeness (QED) is 0.477. The van der Waals surface area contributed by atoms with Gasteiger partial charge in [-0.05, 0) is 13.2 Å². The summed E-state index contributed by atoms with van der Waals surface area (Å²) >= 11 is 3.52. The molecule has 1 heterocycles. The molecule has 0 aliphatic rings. The number of aromatic nitrogens is 1. The summed E-state index contributed by atoms with van der Waals surface area (Å²) in [4.78, 5) is 9.67. The van der Waals surface area contributed by atoms with Crippen molar-refractivity contribution >= 4 is 29.1 Å². The molecule has 0 aromatic carbocycles. The van der Waals surface area contributed by atoms with Gasteiger partial charge in [-0.1, -0.05) is 0 Å². The molecule has 0 saturated carbocycles. The minimum absolute atomic E-state index is 0.734. The number of hydrogen-bond donors (Lipinski definition) is 2. The Kier molecular flexibility index (Phi) is 6.25. The van der Waals surface area contributed by atoms with Gasteiger partial charge in [0.05, 0.1) is 6.54 Å². The number of aliphatic imine (C=N–C) groups is 1. The van der Waals surface area contributed by atoms with Crippen molar-refractivity contribution in [3.8, 4) is 0 Å². The summed E-state index contributed by atoms with van der Waals surface area (Å²) in [6.45, 7) is 3.72. The largest absolute Gasteiger partial charge is 0.356 e. The number of rotatable bonds is 5. The van der Waals surface area contributed by atoms with E-state index in [0.717, 1.165) is 29.8 Å². The van der Waals surface area contributed by atoms with Gasteiger partial charge in [0.25, 0.3) is 0 Å². The van der Waals surface area contributed by atoms with Crippen LogP contribution < -0.4 is 10.6 Å². The molecule has 90 valence electrons. The SMILES string of the molecule is CN=C(NCCSC)NCc1ncc(C)s1. The first-order valence-electron chi connectivity index (χ1n) is 5.11. The van der Waals surface area contributed by atoms with Gasteiger partial charge in [-0.15, -0.1) is 11.3 Å². The second-order valence-corrected chi connectivity index (χ2v) is 5.51. The molecular formula is C10H18N4S2. The maximum Gasteiger partial charge on any atom is 0.191 e. The minimum Gasteiger partial charge on any atom is -0.356 e. The Bertz CT molecular complexity index is 335. The first-order valence-corrected chi connectivity index (χ1v) is 7.32. The highest BCUT2D eigenvalue weighted by molar-refractivity contribution is 7.98. The average molecular weight is 258 g/mol. The van der Waals surface area contributed by atoms with E-state index in [1.54, 1.807) is 18.4 Å². The molecular weight excluding hydrogens is 240 g/mol. The van der Waals surface area contributed by atoms with Gasteiger partial charge in [0.2, 0.25) is 0 Å². The Morgan fingerprint density at radius 2 is 2.38 bits per heavy atom. The number of guanidine groups is 1. The smallest absolute Gasteiger partial charge is 0.191 e. The molecule has 4 nitrogen and oxygen atoms in total. The first kappa shape index (κ1) is 13.3. The molecule has 0 aliphatic carbocycles.